The highest BCUT2D eigenvalue weighted by atomic mass is 32.1. The van der Waals surface area contributed by atoms with Gasteiger partial charge in [-0.15, -0.1) is 11.3 Å². The van der Waals surface area contributed by atoms with Gasteiger partial charge in [-0.1, -0.05) is 30.3 Å². The molecule has 7 rings (SSSR count). The SMILES string of the molecule is c1csc(-c2nccc(N3CCc4c([nH]c5ccccc45)C3c3ccc4c(c3)CCO4)n2)c1. The van der Waals surface area contributed by atoms with Gasteiger partial charge in [-0.25, -0.2) is 9.97 Å². The van der Waals surface area contributed by atoms with Crippen molar-refractivity contribution in [2.45, 2.75) is 18.9 Å². The number of thiophene rings is 1. The lowest BCUT2D eigenvalue weighted by Gasteiger charge is -2.37. The minimum absolute atomic E-state index is 0.0538. The van der Waals surface area contributed by atoms with Gasteiger partial charge in [-0.3, -0.25) is 0 Å². The highest BCUT2D eigenvalue weighted by molar-refractivity contribution is 7.13. The molecular formula is C27H22N4OS. The molecule has 1 atom stereocenters. The van der Waals surface area contributed by atoms with Crippen LogP contribution in [0.15, 0.2) is 72.2 Å². The van der Waals surface area contributed by atoms with Crippen molar-refractivity contribution < 1.29 is 4.74 Å². The third kappa shape index (κ3) is 3.05. The molecule has 162 valence electrons. The Labute approximate surface area is 195 Å². The molecule has 2 aliphatic rings. The lowest BCUT2D eigenvalue weighted by atomic mass is 9.91. The van der Waals surface area contributed by atoms with E-state index in [1.165, 1.54) is 33.3 Å². The maximum absolute atomic E-state index is 5.79. The van der Waals surface area contributed by atoms with Crippen molar-refractivity contribution in [3.63, 3.8) is 0 Å². The topological polar surface area (TPSA) is 54.0 Å². The molecule has 0 saturated heterocycles. The summed E-state index contributed by atoms with van der Waals surface area (Å²) in [4.78, 5) is 16.8. The van der Waals surface area contributed by atoms with E-state index in [1.54, 1.807) is 11.3 Å². The number of H-pyrrole nitrogens is 1. The summed E-state index contributed by atoms with van der Waals surface area (Å²) in [5.74, 6) is 2.76. The van der Waals surface area contributed by atoms with Crippen molar-refractivity contribution in [3.05, 3.63) is 94.6 Å². The largest absolute Gasteiger partial charge is 0.493 e. The van der Waals surface area contributed by atoms with Gasteiger partial charge in [0.1, 0.15) is 11.6 Å². The van der Waals surface area contributed by atoms with E-state index < -0.39 is 0 Å². The summed E-state index contributed by atoms with van der Waals surface area (Å²) in [6, 6.07) is 21.5. The second-order valence-corrected chi connectivity index (χ2v) is 9.54. The Bertz CT molecular complexity index is 1470. The van der Waals surface area contributed by atoms with Crippen LogP contribution in [0.5, 0.6) is 5.75 Å². The Morgan fingerprint density at radius 2 is 2.00 bits per heavy atom. The Balaban J connectivity index is 1.40. The predicted molar refractivity (Wildman–Crippen MR) is 132 cm³/mol. The standard InChI is InChI=1S/C27H22N4OS/c1-2-5-21-19(4-1)20-10-13-31(24-9-12-28-27(30-24)23-6-3-15-33-23)26(25(20)29-21)18-7-8-22-17(16-18)11-14-32-22/h1-9,12,15-16,26,29H,10-11,13-14H2. The Morgan fingerprint density at radius 3 is 2.94 bits per heavy atom. The monoisotopic (exact) mass is 450 g/mol. The van der Waals surface area contributed by atoms with Gasteiger partial charge in [0.05, 0.1) is 17.5 Å². The van der Waals surface area contributed by atoms with Crippen molar-refractivity contribution in [2.75, 3.05) is 18.1 Å². The molecule has 0 bridgehead atoms. The van der Waals surface area contributed by atoms with Gasteiger partial charge in [-0.05, 0) is 58.8 Å². The molecule has 0 amide bonds. The van der Waals surface area contributed by atoms with E-state index in [1.807, 2.05) is 18.3 Å². The van der Waals surface area contributed by atoms with E-state index in [2.05, 4.69) is 68.8 Å². The zero-order valence-electron chi connectivity index (χ0n) is 18.0. The number of hydrogen-bond donors (Lipinski definition) is 1. The van der Waals surface area contributed by atoms with Crippen LogP contribution < -0.4 is 9.64 Å². The van der Waals surface area contributed by atoms with Crippen LogP contribution in [0, 0.1) is 0 Å². The minimum Gasteiger partial charge on any atom is -0.493 e. The van der Waals surface area contributed by atoms with Crippen LogP contribution >= 0.6 is 11.3 Å². The van der Waals surface area contributed by atoms with Crippen LogP contribution in [-0.4, -0.2) is 28.1 Å². The number of benzene rings is 2. The number of aromatic amines is 1. The van der Waals surface area contributed by atoms with Crippen LogP contribution in [0.3, 0.4) is 0 Å². The molecule has 3 aromatic heterocycles. The average Bonchev–Trinajstić information content (AvgIpc) is 3.62. The number of para-hydroxylation sites is 1. The first kappa shape index (κ1) is 18.9. The highest BCUT2D eigenvalue weighted by Gasteiger charge is 2.33. The smallest absolute Gasteiger partial charge is 0.171 e. The van der Waals surface area contributed by atoms with Gasteiger partial charge >= 0.3 is 0 Å². The second-order valence-electron chi connectivity index (χ2n) is 8.59. The summed E-state index contributed by atoms with van der Waals surface area (Å²) in [6.45, 7) is 1.66. The summed E-state index contributed by atoms with van der Waals surface area (Å²) in [7, 11) is 0. The third-order valence-electron chi connectivity index (χ3n) is 6.74. The Kier molecular flexibility index (Phi) is 4.27. The molecule has 2 aliphatic heterocycles. The predicted octanol–water partition coefficient (Wildman–Crippen LogP) is 5.77. The van der Waals surface area contributed by atoms with Gasteiger partial charge in [0.25, 0.3) is 0 Å². The lowest BCUT2D eigenvalue weighted by Crippen LogP contribution is -2.36. The summed E-state index contributed by atoms with van der Waals surface area (Å²) in [5, 5.41) is 3.39. The molecule has 1 unspecified atom stereocenters. The first-order valence-corrected chi connectivity index (χ1v) is 12.2. The van der Waals surface area contributed by atoms with Gasteiger partial charge < -0.3 is 14.6 Å². The zero-order valence-corrected chi connectivity index (χ0v) is 18.8. The molecule has 5 heterocycles. The molecule has 0 spiro atoms. The molecule has 0 saturated carbocycles. The average molecular weight is 451 g/mol. The number of anilines is 1. The molecule has 5 nitrogen and oxygen atoms in total. The first-order chi connectivity index (χ1) is 16.3. The van der Waals surface area contributed by atoms with Crippen molar-refractivity contribution in [1.29, 1.82) is 0 Å². The summed E-state index contributed by atoms with van der Waals surface area (Å²) in [5.41, 5.74) is 6.43. The highest BCUT2D eigenvalue weighted by Crippen LogP contribution is 2.42. The van der Waals surface area contributed by atoms with E-state index >= 15 is 0 Å². The Hall–Kier alpha value is -3.64. The van der Waals surface area contributed by atoms with Crippen LogP contribution in [-0.2, 0) is 12.8 Å². The number of nitrogens with zero attached hydrogens (tertiary/aromatic N) is 3. The fraction of sp³-hybridized carbons (Fsp3) is 0.185. The molecule has 2 aromatic carbocycles. The van der Waals surface area contributed by atoms with Gasteiger partial charge in [0.15, 0.2) is 5.82 Å². The van der Waals surface area contributed by atoms with Crippen molar-refractivity contribution in [2.24, 2.45) is 0 Å². The van der Waals surface area contributed by atoms with Gasteiger partial charge in [-0.2, -0.15) is 0 Å². The maximum atomic E-state index is 5.79. The quantitative estimate of drug-likeness (QED) is 0.379. The summed E-state index contributed by atoms with van der Waals surface area (Å²) in [6.07, 6.45) is 3.82. The molecule has 0 radical (unpaired) electrons. The normalized spacial score (nSPS) is 17.1. The second kappa shape index (κ2) is 7.46. The fourth-order valence-corrected chi connectivity index (χ4v) is 5.91. The molecule has 1 N–H and O–H groups in total. The van der Waals surface area contributed by atoms with Crippen LogP contribution in [0.1, 0.15) is 28.4 Å². The first-order valence-electron chi connectivity index (χ1n) is 11.3. The Morgan fingerprint density at radius 1 is 1.03 bits per heavy atom. The summed E-state index contributed by atoms with van der Waals surface area (Å²) >= 11 is 1.67. The molecule has 0 fully saturated rings. The number of hydrogen-bond acceptors (Lipinski definition) is 5. The van der Waals surface area contributed by atoms with Crippen LogP contribution in [0.2, 0.25) is 0 Å². The fourth-order valence-electron chi connectivity index (χ4n) is 5.24. The van der Waals surface area contributed by atoms with Crippen LogP contribution in [0.25, 0.3) is 21.6 Å². The van der Waals surface area contributed by atoms with Crippen molar-refractivity contribution >= 4 is 28.1 Å². The third-order valence-corrected chi connectivity index (χ3v) is 7.61. The molecule has 5 aromatic rings. The molecule has 33 heavy (non-hydrogen) atoms. The van der Waals surface area contributed by atoms with E-state index in [0.29, 0.717) is 0 Å². The lowest BCUT2D eigenvalue weighted by molar-refractivity contribution is 0.357. The van der Waals surface area contributed by atoms with Crippen molar-refractivity contribution in [3.8, 4) is 16.5 Å². The molecular weight excluding hydrogens is 428 g/mol. The van der Waals surface area contributed by atoms with Gasteiger partial charge in [0, 0.05) is 35.8 Å². The molecule has 6 heteroatoms. The van der Waals surface area contributed by atoms with E-state index in [9.17, 15) is 0 Å². The maximum Gasteiger partial charge on any atom is 0.171 e. The zero-order chi connectivity index (χ0) is 21.8. The molecule has 0 aliphatic carbocycles. The minimum atomic E-state index is 0.0538. The number of rotatable bonds is 3. The van der Waals surface area contributed by atoms with E-state index in [-0.39, 0.29) is 6.04 Å². The van der Waals surface area contributed by atoms with Crippen LogP contribution in [0.4, 0.5) is 5.82 Å². The number of aromatic nitrogens is 3. The van der Waals surface area contributed by atoms with E-state index in [4.69, 9.17) is 9.72 Å². The van der Waals surface area contributed by atoms with Crippen molar-refractivity contribution in [1.82, 2.24) is 15.0 Å². The number of nitrogens with one attached hydrogen (secondary N) is 1. The number of ether oxygens (including phenoxy) is 1. The van der Waals surface area contributed by atoms with Gasteiger partial charge in [0.2, 0.25) is 0 Å². The summed E-state index contributed by atoms with van der Waals surface area (Å²) < 4.78 is 5.79. The number of fused-ring (bicyclic) bond motifs is 4. The van der Waals surface area contributed by atoms with E-state index in [0.717, 1.165) is 48.3 Å².